The molecule has 2 heterocycles. The summed E-state index contributed by atoms with van der Waals surface area (Å²) in [5.41, 5.74) is 0. The second kappa shape index (κ2) is 7.95. The van der Waals surface area contributed by atoms with E-state index in [1.807, 2.05) is 33.0 Å². The van der Waals surface area contributed by atoms with Gasteiger partial charge >= 0.3 is 0 Å². The predicted octanol–water partition coefficient (Wildman–Crippen LogP) is 0.933. The molecule has 130 valence electrons. The summed E-state index contributed by atoms with van der Waals surface area (Å²) < 4.78 is 5.52. The molecule has 1 N–H and O–H groups in total. The van der Waals surface area contributed by atoms with E-state index in [4.69, 9.17) is 4.42 Å². The minimum absolute atomic E-state index is 0.107. The van der Waals surface area contributed by atoms with Crippen LogP contribution in [0.15, 0.2) is 16.5 Å². The lowest BCUT2D eigenvalue weighted by Crippen LogP contribution is -2.55. The number of likely N-dealkylation sites (N-methyl/N-ethyl adjacent to an activating group) is 1. The van der Waals surface area contributed by atoms with Gasteiger partial charge in [0.2, 0.25) is 5.91 Å². The molecule has 0 bridgehead atoms. The molecule has 0 spiro atoms. The Morgan fingerprint density at radius 3 is 2.78 bits per heavy atom. The Hall–Kier alpha value is -1.37. The molecule has 0 unspecified atom stereocenters. The summed E-state index contributed by atoms with van der Waals surface area (Å²) in [6, 6.07) is 4.18. The van der Waals surface area contributed by atoms with Gasteiger partial charge in [-0.25, -0.2) is 0 Å². The molecule has 2 atom stereocenters. The van der Waals surface area contributed by atoms with E-state index < -0.39 is 0 Å². The van der Waals surface area contributed by atoms with E-state index >= 15 is 0 Å². The quantitative estimate of drug-likeness (QED) is 0.844. The van der Waals surface area contributed by atoms with Crippen LogP contribution >= 0.6 is 0 Å². The smallest absolute Gasteiger partial charge is 0.236 e. The summed E-state index contributed by atoms with van der Waals surface area (Å²) >= 11 is 0. The van der Waals surface area contributed by atoms with Gasteiger partial charge in [-0.1, -0.05) is 0 Å². The van der Waals surface area contributed by atoms with Gasteiger partial charge in [-0.3, -0.25) is 14.6 Å². The van der Waals surface area contributed by atoms with E-state index in [0.29, 0.717) is 25.7 Å². The lowest BCUT2D eigenvalue weighted by Gasteiger charge is -2.40. The number of β-amino-alcohol motifs (C(OH)–C–C–N with tert-alkyl or cyclic N) is 1. The maximum atomic E-state index is 12.4. The van der Waals surface area contributed by atoms with Crippen LogP contribution in [0.25, 0.3) is 0 Å². The van der Waals surface area contributed by atoms with Gasteiger partial charge in [0.25, 0.3) is 0 Å². The number of amides is 1. The lowest BCUT2D eigenvalue weighted by atomic mass is 10.1. The number of piperazine rings is 1. The van der Waals surface area contributed by atoms with Gasteiger partial charge in [0.15, 0.2) is 0 Å². The van der Waals surface area contributed by atoms with Crippen LogP contribution in [-0.2, 0) is 11.3 Å². The summed E-state index contributed by atoms with van der Waals surface area (Å²) in [6.45, 7) is 10.1. The predicted molar refractivity (Wildman–Crippen MR) is 89.1 cm³/mol. The van der Waals surface area contributed by atoms with Gasteiger partial charge in [0, 0.05) is 39.3 Å². The second-order valence-electron chi connectivity index (χ2n) is 6.69. The van der Waals surface area contributed by atoms with Gasteiger partial charge in [-0.2, -0.15) is 0 Å². The van der Waals surface area contributed by atoms with Crippen LogP contribution in [0.2, 0.25) is 0 Å². The van der Waals surface area contributed by atoms with Crippen molar-refractivity contribution in [2.24, 2.45) is 0 Å². The summed E-state index contributed by atoms with van der Waals surface area (Å²) in [7, 11) is 1.81. The van der Waals surface area contributed by atoms with Crippen molar-refractivity contribution >= 4 is 5.91 Å². The van der Waals surface area contributed by atoms with Crippen molar-refractivity contribution in [3.63, 3.8) is 0 Å². The van der Waals surface area contributed by atoms with E-state index in [1.54, 1.807) is 4.90 Å². The standard InChI is InChI=1S/C17H29N3O3/c1-13-9-19(7-8-20(13)10-14(2)21)12-17(22)18(4)11-16-6-5-15(3)23-16/h5-6,13-14,21H,7-12H2,1-4H3/t13-,14-/m0/s1. The third-order valence-corrected chi connectivity index (χ3v) is 4.32. The zero-order chi connectivity index (χ0) is 17.0. The third kappa shape index (κ3) is 5.34. The molecule has 1 aliphatic rings. The summed E-state index contributed by atoms with van der Waals surface area (Å²) in [5, 5.41) is 9.52. The molecule has 6 heteroatoms. The van der Waals surface area contributed by atoms with Crippen molar-refractivity contribution in [1.29, 1.82) is 0 Å². The molecule has 23 heavy (non-hydrogen) atoms. The molecule has 2 rings (SSSR count). The number of carbonyl (C=O) groups excluding carboxylic acids is 1. The number of hydrogen-bond acceptors (Lipinski definition) is 5. The maximum Gasteiger partial charge on any atom is 0.236 e. The Labute approximate surface area is 138 Å². The second-order valence-corrected chi connectivity index (χ2v) is 6.69. The van der Waals surface area contributed by atoms with Crippen LogP contribution in [0.5, 0.6) is 0 Å². The molecule has 0 aliphatic carbocycles. The van der Waals surface area contributed by atoms with Crippen LogP contribution in [0.1, 0.15) is 25.4 Å². The van der Waals surface area contributed by atoms with Crippen molar-refractivity contribution in [3.05, 3.63) is 23.7 Å². The Kier molecular flexibility index (Phi) is 6.21. The number of aliphatic hydroxyl groups is 1. The minimum atomic E-state index is -0.312. The molecule has 0 saturated carbocycles. The average Bonchev–Trinajstić information content (AvgIpc) is 2.86. The van der Waals surface area contributed by atoms with Gasteiger partial charge in [-0.15, -0.1) is 0 Å². The van der Waals surface area contributed by atoms with E-state index in [0.717, 1.165) is 31.2 Å². The van der Waals surface area contributed by atoms with Crippen LogP contribution in [0.3, 0.4) is 0 Å². The van der Waals surface area contributed by atoms with Crippen molar-refractivity contribution in [1.82, 2.24) is 14.7 Å². The van der Waals surface area contributed by atoms with Gasteiger partial charge in [-0.05, 0) is 32.9 Å². The minimum Gasteiger partial charge on any atom is -0.464 e. The van der Waals surface area contributed by atoms with E-state index in [2.05, 4.69) is 16.7 Å². The first-order chi connectivity index (χ1) is 10.8. The lowest BCUT2D eigenvalue weighted by molar-refractivity contribution is -0.132. The topological polar surface area (TPSA) is 60.2 Å². The number of rotatable bonds is 6. The highest BCUT2D eigenvalue weighted by atomic mass is 16.3. The number of furan rings is 1. The van der Waals surface area contributed by atoms with Gasteiger partial charge in [0.05, 0.1) is 19.2 Å². The number of nitrogens with zero attached hydrogens (tertiary/aromatic N) is 3. The van der Waals surface area contributed by atoms with Crippen molar-refractivity contribution in [2.75, 3.05) is 39.8 Å². The summed E-state index contributed by atoms with van der Waals surface area (Å²) in [6.07, 6.45) is -0.312. The molecular weight excluding hydrogens is 294 g/mol. The zero-order valence-corrected chi connectivity index (χ0v) is 14.7. The number of carbonyl (C=O) groups is 1. The van der Waals surface area contributed by atoms with Crippen LogP contribution in [0, 0.1) is 6.92 Å². The number of aliphatic hydroxyl groups excluding tert-OH is 1. The third-order valence-electron chi connectivity index (χ3n) is 4.32. The molecule has 1 saturated heterocycles. The summed E-state index contributed by atoms with van der Waals surface area (Å²) in [5.74, 6) is 1.78. The van der Waals surface area contributed by atoms with Gasteiger partial charge < -0.3 is 14.4 Å². The molecule has 0 radical (unpaired) electrons. The molecule has 6 nitrogen and oxygen atoms in total. The van der Waals surface area contributed by atoms with Crippen molar-refractivity contribution < 1.29 is 14.3 Å². The molecular formula is C17H29N3O3. The fourth-order valence-electron chi connectivity index (χ4n) is 3.03. The zero-order valence-electron chi connectivity index (χ0n) is 14.7. The van der Waals surface area contributed by atoms with Crippen molar-refractivity contribution in [2.45, 2.75) is 39.5 Å². The largest absolute Gasteiger partial charge is 0.464 e. The monoisotopic (exact) mass is 323 g/mol. The Morgan fingerprint density at radius 1 is 1.48 bits per heavy atom. The average molecular weight is 323 g/mol. The first-order valence-corrected chi connectivity index (χ1v) is 8.29. The molecule has 1 fully saturated rings. The van der Waals surface area contributed by atoms with Crippen LogP contribution < -0.4 is 0 Å². The maximum absolute atomic E-state index is 12.4. The fourth-order valence-corrected chi connectivity index (χ4v) is 3.03. The molecule has 1 aliphatic heterocycles. The van der Waals surface area contributed by atoms with Crippen LogP contribution in [0.4, 0.5) is 0 Å². The first-order valence-electron chi connectivity index (χ1n) is 8.29. The highest BCUT2D eigenvalue weighted by Gasteiger charge is 2.26. The van der Waals surface area contributed by atoms with E-state index in [1.165, 1.54) is 0 Å². The normalized spacial score (nSPS) is 21.3. The molecule has 1 amide bonds. The van der Waals surface area contributed by atoms with Gasteiger partial charge in [0.1, 0.15) is 11.5 Å². The Bertz CT molecular complexity index is 515. The van der Waals surface area contributed by atoms with E-state index in [-0.39, 0.29) is 12.0 Å². The van der Waals surface area contributed by atoms with E-state index in [9.17, 15) is 9.90 Å². The van der Waals surface area contributed by atoms with Crippen LogP contribution in [-0.4, -0.2) is 77.6 Å². The first kappa shape index (κ1) is 18.0. The highest BCUT2D eigenvalue weighted by molar-refractivity contribution is 5.77. The number of hydrogen-bond donors (Lipinski definition) is 1. The summed E-state index contributed by atoms with van der Waals surface area (Å²) in [4.78, 5) is 18.6. The van der Waals surface area contributed by atoms with Crippen molar-refractivity contribution in [3.8, 4) is 0 Å². The Balaban J connectivity index is 1.79. The molecule has 0 aromatic carbocycles. The number of aryl methyl sites for hydroxylation is 1. The molecule has 1 aromatic rings. The highest BCUT2D eigenvalue weighted by Crippen LogP contribution is 2.12. The Morgan fingerprint density at radius 2 is 2.22 bits per heavy atom. The SMILES string of the molecule is Cc1ccc(CN(C)C(=O)CN2CCN(C[C@H](C)O)[C@@H](C)C2)o1. The fraction of sp³-hybridized carbons (Fsp3) is 0.706. The molecule has 1 aromatic heterocycles.